The Balaban J connectivity index is 1.96. The Bertz CT molecular complexity index is 841. The van der Waals surface area contributed by atoms with Crippen LogP contribution in [-0.2, 0) is 0 Å². The number of carbonyl (C=O) groups is 1. The van der Waals surface area contributed by atoms with Gasteiger partial charge in [0.1, 0.15) is 0 Å². The minimum atomic E-state index is -0.975. The molecule has 24 heavy (non-hydrogen) atoms. The number of nitrogens with zero attached hydrogens (tertiary/aromatic N) is 2. The number of amides is 1. The number of carbonyl (C=O) groups excluding carboxylic acids is 1. The van der Waals surface area contributed by atoms with Gasteiger partial charge in [-0.1, -0.05) is 12.1 Å². The average molecular weight is 325 g/mol. The lowest BCUT2D eigenvalue weighted by Gasteiger charge is -2.19. The van der Waals surface area contributed by atoms with E-state index in [0.29, 0.717) is 16.7 Å². The first-order chi connectivity index (χ1) is 11.6. The molecule has 2 aromatic heterocycles. The molecule has 120 valence electrons. The number of nitrogens with one attached hydrogen (secondary N) is 1. The van der Waals surface area contributed by atoms with Gasteiger partial charge in [-0.15, -0.1) is 0 Å². The predicted octanol–water partition coefficient (Wildman–Crippen LogP) is 3.27. The van der Waals surface area contributed by atoms with Gasteiger partial charge in [-0.25, -0.2) is 8.78 Å². The van der Waals surface area contributed by atoms with Crippen molar-refractivity contribution in [3.63, 3.8) is 0 Å². The number of hydrogen-bond donors (Lipinski definition) is 1. The SMILES string of the molecule is O=C(NC(c1cccnc1)c1ccc(F)c(F)c1)c1cccnc1. The van der Waals surface area contributed by atoms with Gasteiger partial charge in [-0.3, -0.25) is 14.8 Å². The van der Waals surface area contributed by atoms with Crippen molar-refractivity contribution in [1.82, 2.24) is 15.3 Å². The Morgan fingerprint density at radius 2 is 1.67 bits per heavy atom. The quantitative estimate of drug-likeness (QED) is 0.801. The Morgan fingerprint density at radius 1 is 0.917 bits per heavy atom. The molecule has 1 amide bonds. The smallest absolute Gasteiger partial charge is 0.253 e. The molecule has 6 heteroatoms. The van der Waals surface area contributed by atoms with Crippen molar-refractivity contribution in [1.29, 1.82) is 0 Å². The molecule has 0 saturated heterocycles. The second-order valence-electron chi connectivity index (χ2n) is 5.11. The molecule has 4 nitrogen and oxygen atoms in total. The zero-order valence-corrected chi connectivity index (χ0v) is 12.5. The maximum Gasteiger partial charge on any atom is 0.253 e. The van der Waals surface area contributed by atoms with Crippen LogP contribution in [0.4, 0.5) is 8.78 Å². The van der Waals surface area contributed by atoms with Crippen molar-refractivity contribution in [2.75, 3.05) is 0 Å². The van der Waals surface area contributed by atoms with Crippen LogP contribution < -0.4 is 5.32 Å². The van der Waals surface area contributed by atoms with E-state index >= 15 is 0 Å². The summed E-state index contributed by atoms with van der Waals surface area (Å²) in [6.07, 6.45) is 6.15. The maximum absolute atomic E-state index is 13.6. The topological polar surface area (TPSA) is 54.9 Å². The molecule has 0 aliphatic rings. The first-order valence-corrected chi connectivity index (χ1v) is 7.21. The van der Waals surface area contributed by atoms with Crippen LogP contribution >= 0.6 is 0 Å². The first-order valence-electron chi connectivity index (χ1n) is 7.21. The van der Waals surface area contributed by atoms with E-state index in [0.717, 1.165) is 12.1 Å². The van der Waals surface area contributed by atoms with E-state index in [4.69, 9.17) is 0 Å². The first kappa shape index (κ1) is 15.7. The monoisotopic (exact) mass is 325 g/mol. The number of benzene rings is 1. The lowest BCUT2D eigenvalue weighted by molar-refractivity contribution is 0.0942. The third kappa shape index (κ3) is 3.43. The molecule has 0 bridgehead atoms. The van der Waals surface area contributed by atoms with E-state index in [2.05, 4.69) is 15.3 Å². The fraction of sp³-hybridized carbons (Fsp3) is 0.0556. The molecule has 0 fully saturated rings. The lowest BCUT2D eigenvalue weighted by Crippen LogP contribution is -2.29. The van der Waals surface area contributed by atoms with Crippen LogP contribution in [0.1, 0.15) is 27.5 Å². The summed E-state index contributed by atoms with van der Waals surface area (Å²) in [5.41, 5.74) is 1.44. The van der Waals surface area contributed by atoms with Crippen LogP contribution in [0.15, 0.2) is 67.3 Å². The highest BCUT2D eigenvalue weighted by atomic mass is 19.2. The maximum atomic E-state index is 13.6. The Kier molecular flexibility index (Phi) is 4.56. The molecule has 0 radical (unpaired) electrons. The molecular weight excluding hydrogens is 312 g/mol. The molecule has 0 aliphatic heterocycles. The third-order valence-electron chi connectivity index (χ3n) is 3.49. The predicted molar refractivity (Wildman–Crippen MR) is 84.1 cm³/mol. The molecule has 3 rings (SSSR count). The van der Waals surface area contributed by atoms with Gasteiger partial charge < -0.3 is 5.32 Å². The van der Waals surface area contributed by atoms with Gasteiger partial charge in [0.05, 0.1) is 11.6 Å². The van der Waals surface area contributed by atoms with Crippen LogP contribution in [0.25, 0.3) is 0 Å². The summed E-state index contributed by atoms with van der Waals surface area (Å²) in [6.45, 7) is 0. The van der Waals surface area contributed by atoms with Crippen LogP contribution in [0.2, 0.25) is 0 Å². The summed E-state index contributed by atoms with van der Waals surface area (Å²) in [6, 6.07) is 9.59. The summed E-state index contributed by atoms with van der Waals surface area (Å²) < 4.78 is 26.8. The van der Waals surface area contributed by atoms with Crippen LogP contribution in [-0.4, -0.2) is 15.9 Å². The van der Waals surface area contributed by atoms with Gasteiger partial charge in [-0.2, -0.15) is 0 Å². The molecule has 1 N–H and O–H groups in total. The van der Waals surface area contributed by atoms with E-state index in [1.807, 2.05) is 0 Å². The average Bonchev–Trinajstić information content (AvgIpc) is 2.63. The van der Waals surface area contributed by atoms with E-state index < -0.39 is 17.7 Å². The van der Waals surface area contributed by atoms with Gasteiger partial charge in [0.25, 0.3) is 5.91 Å². The second kappa shape index (κ2) is 6.95. The minimum Gasteiger partial charge on any atom is -0.341 e. The lowest BCUT2D eigenvalue weighted by atomic mass is 9.99. The largest absolute Gasteiger partial charge is 0.341 e. The molecule has 0 aliphatic carbocycles. The molecule has 1 atom stereocenters. The summed E-state index contributed by atoms with van der Waals surface area (Å²) in [5, 5.41) is 2.80. The van der Waals surface area contributed by atoms with Crippen molar-refractivity contribution in [2.45, 2.75) is 6.04 Å². The van der Waals surface area contributed by atoms with Crippen molar-refractivity contribution in [3.8, 4) is 0 Å². The second-order valence-corrected chi connectivity index (χ2v) is 5.11. The molecule has 0 spiro atoms. The number of aromatic nitrogens is 2. The molecule has 3 aromatic rings. The van der Waals surface area contributed by atoms with E-state index in [1.54, 1.807) is 42.9 Å². The van der Waals surface area contributed by atoms with Gasteiger partial charge in [0.2, 0.25) is 0 Å². The Labute approximate surface area is 137 Å². The van der Waals surface area contributed by atoms with Crippen molar-refractivity contribution >= 4 is 5.91 Å². The fourth-order valence-corrected chi connectivity index (χ4v) is 2.31. The number of hydrogen-bond acceptors (Lipinski definition) is 3. The van der Waals surface area contributed by atoms with E-state index in [-0.39, 0.29) is 5.91 Å². The van der Waals surface area contributed by atoms with E-state index in [9.17, 15) is 13.6 Å². The summed E-state index contributed by atoms with van der Waals surface area (Å²) in [7, 11) is 0. The van der Waals surface area contributed by atoms with E-state index in [1.165, 1.54) is 12.3 Å². The van der Waals surface area contributed by atoms with Crippen LogP contribution in [0, 0.1) is 11.6 Å². The van der Waals surface area contributed by atoms with Crippen molar-refractivity contribution < 1.29 is 13.6 Å². The molecular formula is C18H13F2N3O. The standard InChI is InChI=1S/C18H13F2N3O/c19-15-6-5-12(9-16(15)20)17(13-3-1-7-21-10-13)23-18(24)14-4-2-8-22-11-14/h1-11,17H,(H,23,24). The Morgan fingerprint density at radius 3 is 2.29 bits per heavy atom. The van der Waals surface area contributed by atoms with Gasteiger partial charge >= 0.3 is 0 Å². The normalized spacial score (nSPS) is 11.8. The minimum absolute atomic E-state index is 0.369. The summed E-state index contributed by atoms with van der Waals surface area (Å²) in [5.74, 6) is -2.29. The summed E-state index contributed by atoms with van der Waals surface area (Å²) in [4.78, 5) is 20.3. The molecule has 1 aromatic carbocycles. The molecule has 2 heterocycles. The van der Waals surface area contributed by atoms with Gasteiger partial charge in [-0.05, 0) is 41.5 Å². The Hall–Kier alpha value is -3.15. The van der Waals surface area contributed by atoms with Crippen LogP contribution in [0.5, 0.6) is 0 Å². The number of halogens is 2. The highest BCUT2D eigenvalue weighted by Crippen LogP contribution is 2.23. The summed E-state index contributed by atoms with van der Waals surface area (Å²) >= 11 is 0. The van der Waals surface area contributed by atoms with Crippen molar-refractivity contribution in [3.05, 3.63) is 95.6 Å². The van der Waals surface area contributed by atoms with Gasteiger partial charge in [0, 0.05) is 24.8 Å². The number of rotatable bonds is 4. The van der Waals surface area contributed by atoms with Crippen LogP contribution in [0.3, 0.4) is 0 Å². The van der Waals surface area contributed by atoms with Gasteiger partial charge in [0.15, 0.2) is 11.6 Å². The molecule has 0 saturated carbocycles. The highest BCUT2D eigenvalue weighted by molar-refractivity contribution is 5.94. The zero-order chi connectivity index (χ0) is 16.9. The van der Waals surface area contributed by atoms with Crippen molar-refractivity contribution in [2.24, 2.45) is 0 Å². The number of pyridine rings is 2. The fourth-order valence-electron chi connectivity index (χ4n) is 2.31. The third-order valence-corrected chi connectivity index (χ3v) is 3.49. The zero-order valence-electron chi connectivity index (χ0n) is 12.5. The highest BCUT2D eigenvalue weighted by Gasteiger charge is 2.19. The molecule has 1 unspecified atom stereocenters.